The lowest BCUT2D eigenvalue weighted by atomic mass is 10.0. The lowest BCUT2D eigenvalue weighted by molar-refractivity contribution is 0.0748. The number of fused-ring (bicyclic) bond motifs is 1. The second-order valence-electron chi connectivity index (χ2n) is 8.04. The van der Waals surface area contributed by atoms with Crippen LogP contribution in [-0.4, -0.2) is 56.5 Å². The SMILES string of the molecule is CCn1c(=O)[nH]c(=O)c2c(C(=O)N3CCN(c4ncccc4Cl)CC3)cc(C(C)C)nc21. The fourth-order valence-electron chi connectivity index (χ4n) is 3.95. The molecule has 1 saturated heterocycles. The largest absolute Gasteiger partial charge is 0.352 e. The van der Waals surface area contributed by atoms with Crippen LogP contribution in [0.1, 0.15) is 42.7 Å². The van der Waals surface area contributed by atoms with Gasteiger partial charge in [-0.2, -0.15) is 0 Å². The van der Waals surface area contributed by atoms with Gasteiger partial charge in [0.25, 0.3) is 11.5 Å². The van der Waals surface area contributed by atoms with Crippen molar-refractivity contribution >= 4 is 34.4 Å². The highest BCUT2D eigenvalue weighted by Gasteiger charge is 2.27. The van der Waals surface area contributed by atoms with E-state index in [1.54, 1.807) is 36.2 Å². The smallest absolute Gasteiger partial charge is 0.329 e. The lowest BCUT2D eigenvalue weighted by Crippen LogP contribution is -2.49. The van der Waals surface area contributed by atoms with Gasteiger partial charge in [0.1, 0.15) is 5.82 Å². The second kappa shape index (κ2) is 8.74. The van der Waals surface area contributed by atoms with Gasteiger partial charge in [-0.1, -0.05) is 25.4 Å². The van der Waals surface area contributed by atoms with Gasteiger partial charge in [0.2, 0.25) is 0 Å². The Kier molecular flexibility index (Phi) is 6.01. The van der Waals surface area contributed by atoms with E-state index >= 15 is 0 Å². The van der Waals surface area contributed by atoms with Gasteiger partial charge in [-0.05, 0) is 31.0 Å². The highest BCUT2D eigenvalue weighted by molar-refractivity contribution is 6.32. The van der Waals surface area contributed by atoms with E-state index in [0.29, 0.717) is 49.3 Å². The molecule has 0 aliphatic carbocycles. The number of nitrogens with one attached hydrogen (secondary N) is 1. The third-order valence-corrected chi connectivity index (χ3v) is 6.01. The van der Waals surface area contributed by atoms with E-state index in [0.717, 1.165) is 0 Å². The molecule has 0 aromatic carbocycles. The van der Waals surface area contributed by atoms with Crippen LogP contribution in [0.25, 0.3) is 11.0 Å². The molecule has 4 heterocycles. The van der Waals surface area contributed by atoms with E-state index in [2.05, 4.69) is 15.0 Å². The first-order valence-corrected chi connectivity index (χ1v) is 11.0. The van der Waals surface area contributed by atoms with E-state index in [1.165, 1.54) is 4.57 Å². The minimum absolute atomic E-state index is 0.0220. The number of aromatic nitrogens is 4. The summed E-state index contributed by atoms with van der Waals surface area (Å²) >= 11 is 6.27. The van der Waals surface area contributed by atoms with Crippen LogP contribution in [0.15, 0.2) is 34.0 Å². The van der Waals surface area contributed by atoms with Gasteiger partial charge in [-0.25, -0.2) is 14.8 Å². The lowest BCUT2D eigenvalue weighted by Gasteiger charge is -2.36. The number of piperazine rings is 1. The molecule has 10 heteroatoms. The van der Waals surface area contributed by atoms with Crippen molar-refractivity contribution in [1.29, 1.82) is 0 Å². The summed E-state index contributed by atoms with van der Waals surface area (Å²) < 4.78 is 1.39. The van der Waals surface area contributed by atoms with E-state index in [1.807, 2.05) is 18.7 Å². The molecule has 9 nitrogen and oxygen atoms in total. The van der Waals surface area contributed by atoms with Crippen LogP contribution in [0, 0.1) is 0 Å². The van der Waals surface area contributed by atoms with Crippen molar-refractivity contribution < 1.29 is 4.79 Å². The molecule has 0 saturated carbocycles. The van der Waals surface area contributed by atoms with Crippen molar-refractivity contribution in [3.05, 3.63) is 61.5 Å². The van der Waals surface area contributed by atoms with E-state index in [4.69, 9.17) is 11.6 Å². The van der Waals surface area contributed by atoms with Crippen molar-refractivity contribution in [1.82, 2.24) is 24.4 Å². The van der Waals surface area contributed by atoms with Crippen LogP contribution in [0.4, 0.5) is 5.82 Å². The van der Waals surface area contributed by atoms with Crippen molar-refractivity contribution in [2.75, 3.05) is 31.1 Å². The average Bonchev–Trinajstić information content (AvgIpc) is 2.78. The van der Waals surface area contributed by atoms with Crippen LogP contribution in [0.5, 0.6) is 0 Å². The number of hydrogen-bond acceptors (Lipinski definition) is 6. The Bertz CT molecular complexity index is 1290. The normalized spacial score (nSPS) is 14.4. The van der Waals surface area contributed by atoms with Crippen molar-refractivity contribution in [2.24, 2.45) is 0 Å². The Morgan fingerprint density at radius 1 is 1.22 bits per heavy atom. The Morgan fingerprint density at radius 3 is 2.56 bits per heavy atom. The number of hydrogen-bond donors (Lipinski definition) is 1. The van der Waals surface area contributed by atoms with Gasteiger partial charge < -0.3 is 9.80 Å². The Morgan fingerprint density at radius 2 is 1.94 bits per heavy atom. The monoisotopic (exact) mass is 456 g/mol. The number of aryl methyl sites for hydroxylation is 1. The van der Waals surface area contributed by atoms with Crippen LogP contribution in [-0.2, 0) is 6.54 Å². The molecular weight excluding hydrogens is 432 g/mol. The van der Waals surface area contributed by atoms with Crippen molar-refractivity contribution in [3.8, 4) is 0 Å². The fourth-order valence-corrected chi connectivity index (χ4v) is 4.19. The first-order chi connectivity index (χ1) is 15.3. The summed E-state index contributed by atoms with van der Waals surface area (Å²) in [6, 6.07) is 5.24. The van der Waals surface area contributed by atoms with Crippen LogP contribution >= 0.6 is 11.6 Å². The minimum atomic E-state index is -0.597. The number of carbonyl (C=O) groups is 1. The van der Waals surface area contributed by atoms with Gasteiger partial charge in [0.15, 0.2) is 5.65 Å². The number of carbonyl (C=O) groups excluding carboxylic acids is 1. The van der Waals surface area contributed by atoms with Gasteiger partial charge in [-0.3, -0.25) is 19.1 Å². The zero-order valence-corrected chi connectivity index (χ0v) is 19.0. The van der Waals surface area contributed by atoms with Crippen LogP contribution in [0.2, 0.25) is 5.02 Å². The number of rotatable bonds is 4. The van der Waals surface area contributed by atoms with Crippen LogP contribution in [0.3, 0.4) is 0 Å². The maximum Gasteiger partial charge on any atom is 0.329 e. The molecule has 3 aromatic rings. The molecule has 0 unspecified atom stereocenters. The molecule has 3 aromatic heterocycles. The molecule has 1 aliphatic rings. The fraction of sp³-hybridized carbons (Fsp3) is 0.409. The summed E-state index contributed by atoms with van der Waals surface area (Å²) in [5.41, 5.74) is 0.0468. The van der Waals surface area contributed by atoms with Gasteiger partial charge in [0, 0.05) is 44.6 Å². The topological polar surface area (TPSA) is 104 Å². The summed E-state index contributed by atoms with van der Waals surface area (Å²) in [7, 11) is 0. The highest BCUT2D eigenvalue weighted by Crippen LogP contribution is 2.25. The third-order valence-electron chi connectivity index (χ3n) is 5.71. The predicted molar refractivity (Wildman–Crippen MR) is 124 cm³/mol. The number of anilines is 1. The first-order valence-electron chi connectivity index (χ1n) is 10.6. The van der Waals surface area contributed by atoms with Gasteiger partial charge >= 0.3 is 5.69 Å². The molecule has 168 valence electrons. The van der Waals surface area contributed by atoms with Crippen molar-refractivity contribution in [3.63, 3.8) is 0 Å². The summed E-state index contributed by atoms with van der Waals surface area (Å²) in [5, 5.41) is 0.717. The highest BCUT2D eigenvalue weighted by atomic mass is 35.5. The number of pyridine rings is 2. The summed E-state index contributed by atoms with van der Waals surface area (Å²) in [5.74, 6) is 0.466. The molecule has 0 spiro atoms. The van der Waals surface area contributed by atoms with E-state index in [9.17, 15) is 14.4 Å². The average molecular weight is 457 g/mol. The summed E-state index contributed by atoms with van der Waals surface area (Å²) in [6.45, 7) is 8.09. The number of nitrogens with zero attached hydrogens (tertiary/aromatic N) is 5. The Labute approximate surface area is 189 Å². The Hall–Kier alpha value is -3.20. The molecular formula is C22H25ClN6O3. The maximum atomic E-state index is 13.5. The predicted octanol–water partition coefficient (Wildman–Crippen LogP) is 2.24. The molecule has 0 atom stereocenters. The molecule has 0 bridgehead atoms. The molecule has 4 rings (SSSR count). The second-order valence-corrected chi connectivity index (χ2v) is 8.45. The summed E-state index contributed by atoms with van der Waals surface area (Å²) in [6.07, 6.45) is 1.69. The quantitative estimate of drug-likeness (QED) is 0.645. The zero-order valence-electron chi connectivity index (χ0n) is 18.3. The first kappa shape index (κ1) is 22.0. The molecule has 0 radical (unpaired) electrons. The number of aromatic amines is 1. The van der Waals surface area contributed by atoms with Gasteiger partial charge in [0.05, 0.1) is 16.0 Å². The number of amides is 1. The Balaban J connectivity index is 1.72. The maximum absolute atomic E-state index is 13.5. The number of H-pyrrole nitrogens is 1. The van der Waals surface area contributed by atoms with Crippen LogP contribution < -0.4 is 16.1 Å². The number of halogens is 1. The molecule has 1 N–H and O–H groups in total. The third kappa shape index (κ3) is 3.88. The van der Waals surface area contributed by atoms with E-state index in [-0.39, 0.29) is 28.4 Å². The minimum Gasteiger partial charge on any atom is -0.352 e. The molecule has 32 heavy (non-hydrogen) atoms. The molecule has 1 aliphatic heterocycles. The zero-order chi connectivity index (χ0) is 23.0. The van der Waals surface area contributed by atoms with Gasteiger partial charge in [-0.15, -0.1) is 0 Å². The van der Waals surface area contributed by atoms with E-state index < -0.39 is 11.2 Å². The molecule has 1 fully saturated rings. The molecule has 1 amide bonds. The standard InChI is InChI=1S/C22H25ClN6O3/c1-4-29-19-17(20(30)26-22(29)32)14(12-16(25-19)13(2)3)21(31)28-10-8-27(9-11-28)18-15(23)6-5-7-24-18/h5-7,12-13H,4,8-11H2,1-3H3,(H,26,30,32). The van der Waals surface area contributed by atoms with Crippen molar-refractivity contribution in [2.45, 2.75) is 33.2 Å². The summed E-state index contributed by atoms with van der Waals surface area (Å²) in [4.78, 5) is 53.5.